The van der Waals surface area contributed by atoms with E-state index in [0.29, 0.717) is 28.4 Å². The van der Waals surface area contributed by atoms with Crippen LogP contribution in [-0.4, -0.2) is 33.5 Å². The molecule has 0 aliphatic rings. The van der Waals surface area contributed by atoms with Crippen molar-refractivity contribution in [1.82, 2.24) is 14.6 Å². The molecule has 8 nitrogen and oxygen atoms in total. The van der Waals surface area contributed by atoms with Gasteiger partial charge >= 0.3 is 5.97 Å². The van der Waals surface area contributed by atoms with Gasteiger partial charge in [0.1, 0.15) is 23.7 Å². The van der Waals surface area contributed by atoms with Crippen molar-refractivity contribution in [2.24, 2.45) is 0 Å². The number of ether oxygens (including phenoxy) is 2. The Morgan fingerprint density at radius 1 is 1.31 bits per heavy atom. The summed E-state index contributed by atoms with van der Waals surface area (Å²) in [4.78, 5) is 39.1. The van der Waals surface area contributed by atoms with Gasteiger partial charge in [-0.1, -0.05) is 18.3 Å². The van der Waals surface area contributed by atoms with E-state index in [4.69, 9.17) is 9.47 Å². The summed E-state index contributed by atoms with van der Waals surface area (Å²) in [6.07, 6.45) is 1.43. The van der Waals surface area contributed by atoms with Gasteiger partial charge in [0.05, 0.1) is 5.69 Å². The van der Waals surface area contributed by atoms with Crippen LogP contribution >= 0.6 is 11.3 Å². The Balaban J connectivity index is 1.57. The highest BCUT2D eigenvalue weighted by Crippen LogP contribution is 2.13. The molecule has 0 fully saturated rings. The number of aromatic nitrogens is 3. The number of nitrogens with zero attached hydrogens (tertiary/aromatic N) is 3. The number of hydrogen-bond donors (Lipinski definition) is 0. The van der Waals surface area contributed by atoms with E-state index < -0.39 is 5.97 Å². The van der Waals surface area contributed by atoms with Gasteiger partial charge in [-0.3, -0.25) is 9.59 Å². The van der Waals surface area contributed by atoms with E-state index in [0.717, 1.165) is 11.3 Å². The molecular formula is C17H15N3O5S. The Labute approximate surface area is 152 Å². The normalized spacial score (nSPS) is 10.7. The summed E-state index contributed by atoms with van der Waals surface area (Å²) in [5, 5.41) is 4.96. The van der Waals surface area contributed by atoms with Crippen molar-refractivity contribution in [3.63, 3.8) is 0 Å². The Morgan fingerprint density at radius 2 is 2.08 bits per heavy atom. The number of hydrogen-bond acceptors (Lipinski definition) is 8. The minimum absolute atomic E-state index is 0.128. The van der Waals surface area contributed by atoms with Crippen molar-refractivity contribution in [2.45, 2.75) is 20.0 Å². The first kappa shape index (κ1) is 17.7. The highest BCUT2D eigenvalue weighted by molar-refractivity contribution is 7.16. The summed E-state index contributed by atoms with van der Waals surface area (Å²) in [6, 6.07) is 7.63. The quantitative estimate of drug-likeness (QED) is 0.458. The molecule has 2 heterocycles. The van der Waals surface area contributed by atoms with Crippen LogP contribution in [0.3, 0.4) is 0 Å². The zero-order valence-corrected chi connectivity index (χ0v) is 14.7. The van der Waals surface area contributed by atoms with E-state index >= 15 is 0 Å². The lowest BCUT2D eigenvalue weighted by atomic mass is 10.2. The molecule has 0 saturated carbocycles. The fourth-order valence-electron chi connectivity index (χ4n) is 2.09. The first-order valence-electron chi connectivity index (χ1n) is 7.81. The van der Waals surface area contributed by atoms with Gasteiger partial charge in [0.25, 0.3) is 5.56 Å². The summed E-state index contributed by atoms with van der Waals surface area (Å²) < 4.78 is 11.6. The predicted octanol–water partition coefficient (Wildman–Crippen LogP) is 1.65. The van der Waals surface area contributed by atoms with Crippen LogP contribution in [-0.2, 0) is 22.6 Å². The van der Waals surface area contributed by atoms with Crippen LogP contribution in [0.15, 0.2) is 35.1 Å². The molecule has 0 aliphatic carbocycles. The smallest absolute Gasteiger partial charge is 0.344 e. The highest BCUT2D eigenvalue weighted by Gasteiger charge is 2.10. The zero-order valence-electron chi connectivity index (χ0n) is 13.9. The minimum Gasteiger partial charge on any atom is -0.482 e. The van der Waals surface area contributed by atoms with Crippen LogP contribution in [0.25, 0.3) is 4.96 Å². The number of rotatable bonds is 7. The van der Waals surface area contributed by atoms with Crippen LogP contribution in [0.4, 0.5) is 0 Å². The Kier molecular flexibility index (Phi) is 5.37. The number of aldehydes is 1. The molecule has 134 valence electrons. The molecule has 0 spiro atoms. The standard InChI is InChI=1S/C17H15N3O5S/c1-2-14-19-20-15(22)7-12(18-17(20)26-14)9-25-16(23)10-24-13-5-3-11(8-21)4-6-13/h3-8H,2,9-10H2,1H3. The second kappa shape index (κ2) is 7.87. The summed E-state index contributed by atoms with van der Waals surface area (Å²) >= 11 is 1.32. The third-order valence-corrected chi connectivity index (χ3v) is 4.45. The Bertz CT molecular complexity index is 994. The van der Waals surface area contributed by atoms with Gasteiger partial charge < -0.3 is 9.47 Å². The van der Waals surface area contributed by atoms with Gasteiger partial charge in [0.2, 0.25) is 4.96 Å². The highest BCUT2D eigenvalue weighted by atomic mass is 32.1. The van der Waals surface area contributed by atoms with Crippen LogP contribution in [0, 0.1) is 0 Å². The summed E-state index contributed by atoms with van der Waals surface area (Å²) in [5.74, 6) is -0.146. The van der Waals surface area contributed by atoms with Crippen molar-refractivity contribution >= 4 is 28.6 Å². The molecule has 0 amide bonds. The number of carbonyl (C=O) groups excluding carboxylic acids is 2. The summed E-state index contributed by atoms with van der Waals surface area (Å²) in [6.45, 7) is 1.53. The van der Waals surface area contributed by atoms with E-state index in [1.54, 1.807) is 24.3 Å². The molecule has 0 saturated heterocycles. The number of esters is 1. The van der Waals surface area contributed by atoms with Gasteiger partial charge in [-0.05, 0) is 30.7 Å². The Hall–Kier alpha value is -3.07. The SMILES string of the molecule is CCc1nn2c(=O)cc(COC(=O)COc3ccc(C=O)cc3)nc2s1. The second-order valence-corrected chi connectivity index (χ2v) is 6.31. The maximum Gasteiger partial charge on any atom is 0.344 e. The van der Waals surface area contributed by atoms with Crippen molar-refractivity contribution in [3.8, 4) is 5.75 Å². The van der Waals surface area contributed by atoms with Crippen molar-refractivity contribution < 1.29 is 19.1 Å². The first-order valence-corrected chi connectivity index (χ1v) is 8.63. The van der Waals surface area contributed by atoms with Gasteiger partial charge in [0, 0.05) is 11.6 Å². The summed E-state index contributed by atoms with van der Waals surface area (Å²) in [7, 11) is 0. The third-order valence-electron chi connectivity index (χ3n) is 3.40. The molecule has 0 atom stereocenters. The molecular weight excluding hydrogens is 358 g/mol. The van der Waals surface area contributed by atoms with Gasteiger partial charge in [-0.25, -0.2) is 9.78 Å². The lowest BCUT2D eigenvalue weighted by Gasteiger charge is -2.07. The molecule has 0 unspecified atom stereocenters. The molecule has 26 heavy (non-hydrogen) atoms. The zero-order chi connectivity index (χ0) is 18.5. The molecule has 3 rings (SSSR count). The minimum atomic E-state index is -0.593. The monoisotopic (exact) mass is 373 g/mol. The van der Waals surface area contributed by atoms with Crippen LogP contribution < -0.4 is 10.3 Å². The topological polar surface area (TPSA) is 99.9 Å². The lowest BCUT2D eigenvalue weighted by Crippen LogP contribution is -2.18. The number of benzene rings is 1. The fourth-order valence-corrected chi connectivity index (χ4v) is 2.95. The molecule has 3 aromatic rings. The van der Waals surface area contributed by atoms with Crippen molar-refractivity contribution in [1.29, 1.82) is 0 Å². The maximum absolute atomic E-state index is 12.0. The molecule has 0 N–H and O–H groups in total. The largest absolute Gasteiger partial charge is 0.482 e. The maximum atomic E-state index is 12.0. The Morgan fingerprint density at radius 3 is 2.77 bits per heavy atom. The average molecular weight is 373 g/mol. The van der Waals surface area contributed by atoms with E-state index in [1.165, 1.54) is 21.9 Å². The van der Waals surface area contributed by atoms with Gasteiger partial charge in [-0.2, -0.15) is 9.61 Å². The lowest BCUT2D eigenvalue weighted by molar-refractivity contribution is -0.147. The molecule has 2 aromatic heterocycles. The fraction of sp³-hybridized carbons (Fsp3) is 0.235. The second-order valence-electron chi connectivity index (χ2n) is 5.27. The van der Waals surface area contributed by atoms with Crippen LogP contribution in [0.5, 0.6) is 5.75 Å². The molecule has 0 aliphatic heterocycles. The molecule has 1 aromatic carbocycles. The predicted molar refractivity (Wildman–Crippen MR) is 93.6 cm³/mol. The molecule has 0 radical (unpaired) electrons. The van der Waals surface area contributed by atoms with Crippen molar-refractivity contribution in [3.05, 3.63) is 57.0 Å². The third kappa shape index (κ3) is 4.12. The number of fused-ring (bicyclic) bond motifs is 1. The van der Waals surface area contributed by atoms with Gasteiger partial charge in [-0.15, -0.1) is 0 Å². The summed E-state index contributed by atoms with van der Waals surface area (Å²) in [5.41, 5.74) is 0.551. The average Bonchev–Trinajstić information content (AvgIpc) is 3.09. The van der Waals surface area contributed by atoms with Gasteiger partial charge in [0.15, 0.2) is 6.61 Å². The van der Waals surface area contributed by atoms with Crippen molar-refractivity contribution in [2.75, 3.05) is 6.61 Å². The van der Waals surface area contributed by atoms with E-state index in [1.807, 2.05) is 6.92 Å². The first-order chi connectivity index (χ1) is 12.6. The molecule has 9 heteroatoms. The van der Waals surface area contributed by atoms with E-state index in [2.05, 4.69) is 10.1 Å². The molecule has 0 bridgehead atoms. The number of aryl methyl sites for hydroxylation is 1. The number of carbonyl (C=O) groups is 2. The van der Waals surface area contributed by atoms with Crippen LogP contribution in [0.1, 0.15) is 28.0 Å². The van der Waals surface area contributed by atoms with Crippen LogP contribution in [0.2, 0.25) is 0 Å². The van der Waals surface area contributed by atoms with E-state index in [-0.39, 0.29) is 18.8 Å². The van der Waals surface area contributed by atoms with E-state index in [9.17, 15) is 14.4 Å².